The number of nitro benzene ring substituents is 1. The zero-order chi connectivity index (χ0) is 16.0. The first kappa shape index (κ1) is 16.9. The van der Waals surface area contributed by atoms with Gasteiger partial charge >= 0.3 is 0 Å². The van der Waals surface area contributed by atoms with E-state index in [1.165, 1.54) is 17.0 Å². The van der Waals surface area contributed by atoms with Crippen LogP contribution in [0.25, 0.3) is 0 Å². The van der Waals surface area contributed by atoms with Crippen molar-refractivity contribution in [2.45, 2.75) is 20.3 Å². The third kappa shape index (κ3) is 4.72. The molecule has 0 saturated carbocycles. The van der Waals surface area contributed by atoms with E-state index in [-0.39, 0.29) is 35.2 Å². The predicted octanol–water partition coefficient (Wildman–Crippen LogP) is 3.26. The molecule has 1 amide bonds. The molecule has 0 aliphatic heterocycles. The van der Waals surface area contributed by atoms with Crippen molar-refractivity contribution in [2.75, 3.05) is 13.1 Å². The lowest BCUT2D eigenvalue weighted by Gasteiger charge is -2.23. The van der Waals surface area contributed by atoms with E-state index in [0.29, 0.717) is 6.54 Å². The average molecular weight is 310 g/mol. The van der Waals surface area contributed by atoms with Crippen LogP contribution in [-0.2, 0) is 0 Å². The van der Waals surface area contributed by atoms with Crippen molar-refractivity contribution in [3.63, 3.8) is 0 Å². The van der Waals surface area contributed by atoms with Crippen LogP contribution in [0.3, 0.4) is 0 Å². The molecule has 0 fully saturated rings. The van der Waals surface area contributed by atoms with Gasteiger partial charge in [0.1, 0.15) is 5.56 Å². The molecule has 0 unspecified atom stereocenters. The molecule has 1 aromatic rings. The average Bonchev–Trinajstić information content (AvgIpc) is 2.42. The summed E-state index contributed by atoms with van der Waals surface area (Å²) >= 11 is 5.74. The quantitative estimate of drug-likeness (QED) is 0.596. The summed E-state index contributed by atoms with van der Waals surface area (Å²) in [4.78, 5) is 24.4. The van der Waals surface area contributed by atoms with Gasteiger partial charge in [-0.2, -0.15) is 5.26 Å². The highest BCUT2D eigenvalue weighted by Crippen LogP contribution is 2.24. The Balaban J connectivity index is 3.14. The van der Waals surface area contributed by atoms with Gasteiger partial charge in [0.05, 0.1) is 17.4 Å². The molecule has 0 radical (unpaired) electrons. The number of amides is 1. The first-order chi connectivity index (χ1) is 9.86. The van der Waals surface area contributed by atoms with Crippen LogP contribution in [0.4, 0.5) is 5.69 Å². The van der Waals surface area contributed by atoms with Gasteiger partial charge in [-0.25, -0.2) is 0 Å². The molecule has 0 bridgehead atoms. The van der Waals surface area contributed by atoms with Crippen molar-refractivity contribution in [1.29, 1.82) is 5.26 Å². The molecule has 0 spiro atoms. The zero-order valence-corrected chi connectivity index (χ0v) is 12.6. The highest BCUT2D eigenvalue weighted by Gasteiger charge is 2.25. The third-order valence-electron chi connectivity index (χ3n) is 2.75. The number of carbonyl (C=O) groups is 1. The van der Waals surface area contributed by atoms with Gasteiger partial charge in [-0.05, 0) is 18.1 Å². The Kier molecular flexibility index (Phi) is 6.12. The van der Waals surface area contributed by atoms with Gasteiger partial charge in [-0.1, -0.05) is 25.4 Å². The highest BCUT2D eigenvalue weighted by atomic mass is 35.5. The number of hydrogen-bond donors (Lipinski definition) is 0. The van der Waals surface area contributed by atoms with Crippen LogP contribution in [0.5, 0.6) is 0 Å². The lowest BCUT2D eigenvalue weighted by atomic mass is 10.1. The molecule has 0 aliphatic rings. The predicted molar refractivity (Wildman–Crippen MR) is 79.1 cm³/mol. The summed E-state index contributed by atoms with van der Waals surface area (Å²) in [7, 11) is 0. The largest absolute Gasteiger partial charge is 0.337 e. The molecule has 1 aromatic carbocycles. The molecule has 21 heavy (non-hydrogen) atoms. The molecular weight excluding hydrogens is 294 g/mol. The lowest BCUT2D eigenvalue weighted by Crippen LogP contribution is -2.35. The minimum Gasteiger partial charge on any atom is -0.337 e. The summed E-state index contributed by atoms with van der Waals surface area (Å²) in [6.45, 7) is 4.54. The summed E-state index contributed by atoms with van der Waals surface area (Å²) in [5.41, 5.74) is -0.332. The molecule has 0 aliphatic carbocycles. The molecule has 0 heterocycles. The molecule has 0 N–H and O–H groups in total. The van der Waals surface area contributed by atoms with E-state index in [0.717, 1.165) is 6.07 Å². The number of rotatable bonds is 6. The topological polar surface area (TPSA) is 87.2 Å². The van der Waals surface area contributed by atoms with E-state index in [4.69, 9.17) is 16.9 Å². The fraction of sp³-hybridized carbons (Fsp3) is 0.429. The summed E-state index contributed by atoms with van der Waals surface area (Å²) in [5.74, 6) is -0.263. The molecule has 0 atom stereocenters. The summed E-state index contributed by atoms with van der Waals surface area (Å²) in [6, 6.07) is 5.93. The molecule has 7 heteroatoms. The normalized spacial score (nSPS) is 10.2. The maximum atomic E-state index is 12.5. The SMILES string of the molecule is CC(C)CN(CCC#N)C(=O)c1ccc(Cl)cc1[N+](=O)[O-]. The van der Waals surface area contributed by atoms with Crippen molar-refractivity contribution in [1.82, 2.24) is 4.90 Å². The highest BCUT2D eigenvalue weighted by molar-refractivity contribution is 6.31. The van der Waals surface area contributed by atoms with Gasteiger partial charge in [0.2, 0.25) is 0 Å². The van der Waals surface area contributed by atoms with E-state index < -0.39 is 10.8 Å². The molecule has 0 saturated heterocycles. The van der Waals surface area contributed by atoms with Crippen LogP contribution in [0.15, 0.2) is 18.2 Å². The Labute approximate surface area is 128 Å². The number of nitrogens with zero attached hydrogens (tertiary/aromatic N) is 3. The standard InChI is InChI=1S/C14H16ClN3O3/c1-10(2)9-17(7-3-6-16)14(19)12-5-4-11(15)8-13(12)18(20)21/h4-5,8,10H,3,7,9H2,1-2H3. The van der Waals surface area contributed by atoms with Crippen LogP contribution in [0.1, 0.15) is 30.6 Å². The first-order valence-corrected chi connectivity index (χ1v) is 6.84. The van der Waals surface area contributed by atoms with E-state index in [1.54, 1.807) is 0 Å². The minimum absolute atomic E-state index is 0.0111. The first-order valence-electron chi connectivity index (χ1n) is 6.47. The van der Waals surface area contributed by atoms with Gasteiger partial charge in [0.15, 0.2) is 0 Å². The third-order valence-corrected chi connectivity index (χ3v) is 2.99. The van der Waals surface area contributed by atoms with E-state index >= 15 is 0 Å². The van der Waals surface area contributed by atoms with Crippen LogP contribution in [0.2, 0.25) is 5.02 Å². The molecule has 1 rings (SSSR count). The monoisotopic (exact) mass is 309 g/mol. The van der Waals surface area contributed by atoms with Crippen molar-refractivity contribution in [3.05, 3.63) is 38.9 Å². The number of halogens is 1. The van der Waals surface area contributed by atoms with Gasteiger partial charge in [-0.15, -0.1) is 0 Å². The van der Waals surface area contributed by atoms with Crippen molar-refractivity contribution < 1.29 is 9.72 Å². The number of nitro groups is 1. The number of hydrogen-bond acceptors (Lipinski definition) is 4. The lowest BCUT2D eigenvalue weighted by molar-refractivity contribution is -0.385. The second-order valence-electron chi connectivity index (χ2n) is 4.97. The van der Waals surface area contributed by atoms with Gasteiger partial charge in [0, 0.05) is 24.2 Å². The summed E-state index contributed by atoms with van der Waals surface area (Å²) in [5, 5.41) is 19.9. The maximum Gasteiger partial charge on any atom is 0.283 e. The Morgan fingerprint density at radius 3 is 2.71 bits per heavy atom. The van der Waals surface area contributed by atoms with Crippen molar-refractivity contribution in [2.24, 2.45) is 5.92 Å². The molecule has 6 nitrogen and oxygen atoms in total. The van der Waals surface area contributed by atoms with Crippen LogP contribution >= 0.6 is 11.6 Å². The van der Waals surface area contributed by atoms with Crippen LogP contribution in [0, 0.1) is 27.4 Å². The van der Waals surface area contributed by atoms with Gasteiger partial charge < -0.3 is 4.90 Å². The smallest absolute Gasteiger partial charge is 0.283 e. The molecule has 0 aromatic heterocycles. The van der Waals surface area contributed by atoms with Crippen molar-refractivity contribution in [3.8, 4) is 6.07 Å². The minimum atomic E-state index is -0.628. The summed E-state index contributed by atoms with van der Waals surface area (Å²) < 4.78 is 0. The second kappa shape index (κ2) is 7.60. The maximum absolute atomic E-state index is 12.5. The zero-order valence-electron chi connectivity index (χ0n) is 11.9. The molecular formula is C14H16ClN3O3. The second-order valence-corrected chi connectivity index (χ2v) is 5.41. The van der Waals surface area contributed by atoms with Gasteiger partial charge in [-0.3, -0.25) is 14.9 Å². The van der Waals surface area contributed by atoms with Crippen LogP contribution < -0.4 is 0 Å². The fourth-order valence-electron chi connectivity index (χ4n) is 1.91. The van der Waals surface area contributed by atoms with E-state index in [2.05, 4.69) is 0 Å². The summed E-state index contributed by atoms with van der Waals surface area (Å²) in [6.07, 6.45) is 0.180. The van der Waals surface area contributed by atoms with E-state index in [9.17, 15) is 14.9 Å². The Morgan fingerprint density at radius 2 is 2.19 bits per heavy atom. The number of benzene rings is 1. The Bertz CT molecular complexity index is 581. The fourth-order valence-corrected chi connectivity index (χ4v) is 2.07. The Hall–Kier alpha value is -2.13. The number of carbonyl (C=O) groups excluding carboxylic acids is 1. The van der Waals surface area contributed by atoms with Gasteiger partial charge in [0.25, 0.3) is 11.6 Å². The van der Waals surface area contributed by atoms with Crippen molar-refractivity contribution >= 4 is 23.2 Å². The van der Waals surface area contributed by atoms with E-state index in [1.807, 2.05) is 19.9 Å². The Morgan fingerprint density at radius 1 is 1.52 bits per heavy atom. The van der Waals surface area contributed by atoms with Crippen LogP contribution in [-0.4, -0.2) is 28.8 Å². The number of nitriles is 1. The molecule has 112 valence electrons.